The van der Waals surface area contributed by atoms with Crippen LogP contribution in [0.4, 0.5) is 10.3 Å². The van der Waals surface area contributed by atoms with Crippen LogP contribution in [0.2, 0.25) is 0 Å². The first kappa shape index (κ1) is 23.4. The van der Waals surface area contributed by atoms with Gasteiger partial charge in [0.1, 0.15) is 11.5 Å². The molecule has 3 aromatic rings. The van der Waals surface area contributed by atoms with E-state index in [0.29, 0.717) is 24.6 Å². The van der Waals surface area contributed by atoms with Gasteiger partial charge in [-0.1, -0.05) is 18.2 Å². The molecule has 0 aliphatic carbocycles. The first-order chi connectivity index (χ1) is 17.0. The fourth-order valence-electron chi connectivity index (χ4n) is 5.10. The number of nitrogens with zero attached hydrogens (tertiary/aromatic N) is 5. The highest BCUT2D eigenvalue weighted by atomic mass is 19.1. The monoisotopic (exact) mass is 473 g/mol. The molecule has 35 heavy (non-hydrogen) atoms. The molecule has 7 heteroatoms. The smallest absolute Gasteiger partial charge is 0.272 e. The van der Waals surface area contributed by atoms with E-state index in [1.165, 1.54) is 18.6 Å². The molecule has 0 radical (unpaired) electrons. The van der Waals surface area contributed by atoms with Gasteiger partial charge in [-0.15, -0.1) is 0 Å². The van der Waals surface area contributed by atoms with Crippen molar-refractivity contribution in [1.82, 2.24) is 19.9 Å². The molecule has 0 N–H and O–H groups in total. The van der Waals surface area contributed by atoms with Crippen LogP contribution in [0.15, 0.2) is 48.5 Å². The molecular formula is C28H32FN5O. The van der Waals surface area contributed by atoms with Crippen molar-refractivity contribution >= 4 is 11.9 Å². The summed E-state index contributed by atoms with van der Waals surface area (Å²) in [6.07, 6.45) is 6.11. The molecule has 5 rings (SSSR count). The molecule has 2 aromatic heterocycles. The van der Waals surface area contributed by atoms with Crippen molar-refractivity contribution in [2.24, 2.45) is 0 Å². The van der Waals surface area contributed by atoms with Gasteiger partial charge >= 0.3 is 0 Å². The van der Waals surface area contributed by atoms with E-state index < -0.39 is 0 Å². The summed E-state index contributed by atoms with van der Waals surface area (Å²) in [6.45, 7) is 5.19. The molecule has 1 amide bonds. The molecule has 0 spiro atoms. The highest BCUT2D eigenvalue weighted by molar-refractivity contribution is 5.92. The summed E-state index contributed by atoms with van der Waals surface area (Å²) in [6, 6.07) is 14.5. The third-order valence-corrected chi connectivity index (χ3v) is 6.95. The highest BCUT2D eigenvalue weighted by Gasteiger charge is 2.28. The largest absolute Gasteiger partial charge is 0.341 e. The summed E-state index contributed by atoms with van der Waals surface area (Å²) in [5.74, 6) is 0.604. The van der Waals surface area contributed by atoms with E-state index in [4.69, 9.17) is 4.98 Å². The quantitative estimate of drug-likeness (QED) is 0.526. The Morgan fingerprint density at radius 2 is 1.77 bits per heavy atom. The number of anilines is 1. The van der Waals surface area contributed by atoms with Gasteiger partial charge in [0, 0.05) is 55.6 Å². The number of piperidine rings is 2. The Balaban J connectivity index is 1.30. The van der Waals surface area contributed by atoms with Gasteiger partial charge in [-0.05, 0) is 74.9 Å². The fraction of sp³-hybridized carbons (Fsp3) is 0.429. The number of carbonyl (C=O) groups is 1. The van der Waals surface area contributed by atoms with Gasteiger partial charge in [0.2, 0.25) is 5.95 Å². The van der Waals surface area contributed by atoms with Crippen molar-refractivity contribution in [2.45, 2.75) is 51.4 Å². The van der Waals surface area contributed by atoms with Crippen LogP contribution in [0.25, 0.3) is 0 Å². The maximum atomic E-state index is 13.5. The average molecular weight is 474 g/mol. The van der Waals surface area contributed by atoms with Gasteiger partial charge in [-0.3, -0.25) is 9.78 Å². The van der Waals surface area contributed by atoms with Crippen molar-refractivity contribution in [3.63, 3.8) is 0 Å². The predicted octanol–water partition coefficient (Wildman–Crippen LogP) is 4.92. The van der Waals surface area contributed by atoms with Crippen molar-refractivity contribution in [2.75, 3.05) is 31.1 Å². The number of pyridine rings is 1. The number of aryl methyl sites for hydroxylation is 1. The van der Waals surface area contributed by atoms with E-state index in [-0.39, 0.29) is 17.6 Å². The van der Waals surface area contributed by atoms with E-state index in [9.17, 15) is 9.18 Å². The normalized spacial score (nSPS) is 18.5. The lowest BCUT2D eigenvalue weighted by Gasteiger charge is -2.33. The lowest BCUT2D eigenvalue weighted by molar-refractivity contribution is 0.0699. The zero-order valence-corrected chi connectivity index (χ0v) is 20.3. The van der Waals surface area contributed by atoms with Crippen molar-refractivity contribution in [1.29, 1.82) is 0 Å². The summed E-state index contributed by atoms with van der Waals surface area (Å²) in [4.78, 5) is 31.8. The summed E-state index contributed by atoms with van der Waals surface area (Å²) in [5.41, 5.74) is 4.30. The Bertz CT molecular complexity index is 1180. The van der Waals surface area contributed by atoms with Crippen LogP contribution < -0.4 is 4.90 Å². The molecule has 2 fully saturated rings. The number of amides is 1. The minimum Gasteiger partial charge on any atom is -0.341 e. The van der Waals surface area contributed by atoms with Gasteiger partial charge in [-0.25, -0.2) is 14.4 Å². The second-order valence-corrected chi connectivity index (χ2v) is 9.69. The lowest BCUT2D eigenvalue weighted by atomic mass is 9.93. The van der Waals surface area contributed by atoms with Crippen LogP contribution in [-0.2, 0) is 6.42 Å². The summed E-state index contributed by atoms with van der Waals surface area (Å²) >= 11 is 0. The van der Waals surface area contributed by atoms with Crippen molar-refractivity contribution < 1.29 is 9.18 Å². The first-order valence-corrected chi connectivity index (χ1v) is 12.7. The predicted molar refractivity (Wildman–Crippen MR) is 134 cm³/mol. The molecule has 4 heterocycles. The van der Waals surface area contributed by atoms with Crippen molar-refractivity contribution in [3.05, 3.63) is 82.7 Å². The Hall–Kier alpha value is -3.35. The Morgan fingerprint density at radius 1 is 0.971 bits per heavy atom. The summed E-state index contributed by atoms with van der Waals surface area (Å²) in [7, 11) is 0. The van der Waals surface area contributed by atoms with E-state index in [0.717, 1.165) is 68.0 Å². The maximum absolute atomic E-state index is 13.5. The van der Waals surface area contributed by atoms with Gasteiger partial charge in [0.15, 0.2) is 0 Å². The second-order valence-electron chi connectivity index (χ2n) is 9.69. The Morgan fingerprint density at radius 3 is 2.57 bits per heavy atom. The average Bonchev–Trinajstić information content (AvgIpc) is 2.90. The number of aromatic nitrogens is 3. The fourth-order valence-corrected chi connectivity index (χ4v) is 5.10. The molecule has 2 aliphatic rings. The molecule has 2 saturated heterocycles. The van der Waals surface area contributed by atoms with Gasteiger partial charge < -0.3 is 9.80 Å². The SMILES string of the molecule is Cc1cc(C(=O)N2CCC[C@H](c3cccc(Cc4ccc(F)cc4)n3)C2)nc(N2CCCCC2)n1. The Kier molecular flexibility index (Phi) is 7.02. The number of carbonyl (C=O) groups excluding carboxylic acids is 1. The van der Waals surface area contributed by atoms with Crippen LogP contribution in [0.5, 0.6) is 0 Å². The number of rotatable bonds is 5. The maximum Gasteiger partial charge on any atom is 0.272 e. The van der Waals surface area contributed by atoms with Crippen LogP contribution in [-0.4, -0.2) is 51.9 Å². The number of likely N-dealkylation sites (tertiary alicyclic amines) is 1. The third-order valence-electron chi connectivity index (χ3n) is 6.95. The minimum atomic E-state index is -0.232. The molecule has 182 valence electrons. The van der Waals surface area contributed by atoms with Crippen LogP contribution in [0.3, 0.4) is 0 Å². The first-order valence-electron chi connectivity index (χ1n) is 12.7. The molecule has 1 atom stereocenters. The number of hydrogen-bond donors (Lipinski definition) is 0. The van der Waals surface area contributed by atoms with E-state index in [1.807, 2.05) is 24.0 Å². The Labute approximate surface area is 206 Å². The molecule has 0 bridgehead atoms. The molecule has 2 aliphatic heterocycles. The topological polar surface area (TPSA) is 62.2 Å². The van der Waals surface area contributed by atoms with Gasteiger partial charge in [-0.2, -0.15) is 0 Å². The summed E-state index contributed by atoms with van der Waals surface area (Å²) in [5, 5.41) is 0. The summed E-state index contributed by atoms with van der Waals surface area (Å²) < 4.78 is 13.2. The third kappa shape index (κ3) is 5.66. The standard InChI is InChI=1S/C28H32FN5O/c1-20-17-26(32-28(30-20)33-14-3-2-4-15-33)27(35)34-16-6-7-22(19-34)25-9-5-8-24(31-25)18-21-10-12-23(29)13-11-21/h5,8-13,17,22H,2-4,6-7,14-16,18-19H2,1H3/t22-/m0/s1. The number of benzene rings is 1. The number of halogens is 1. The molecule has 1 aromatic carbocycles. The zero-order chi connectivity index (χ0) is 24.2. The molecule has 6 nitrogen and oxygen atoms in total. The number of hydrogen-bond acceptors (Lipinski definition) is 5. The zero-order valence-electron chi connectivity index (χ0n) is 20.3. The van der Waals surface area contributed by atoms with Crippen LogP contribution in [0, 0.1) is 12.7 Å². The van der Waals surface area contributed by atoms with Gasteiger partial charge in [0.05, 0.1) is 0 Å². The molecule has 0 unspecified atom stereocenters. The van der Waals surface area contributed by atoms with E-state index in [1.54, 1.807) is 18.2 Å². The van der Waals surface area contributed by atoms with Gasteiger partial charge in [0.25, 0.3) is 5.91 Å². The second kappa shape index (κ2) is 10.5. The molecular weight excluding hydrogens is 441 g/mol. The van der Waals surface area contributed by atoms with Crippen LogP contribution >= 0.6 is 0 Å². The minimum absolute atomic E-state index is 0.0269. The van der Waals surface area contributed by atoms with E-state index >= 15 is 0 Å². The molecule has 0 saturated carbocycles. The van der Waals surface area contributed by atoms with Crippen molar-refractivity contribution in [3.8, 4) is 0 Å². The van der Waals surface area contributed by atoms with Crippen LogP contribution in [0.1, 0.15) is 71.2 Å². The highest BCUT2D eigenvalue weighted by Crippen LogP contribution is 2.27. The van der Waals surface area contributed by atoms with E-state index in [2.05, 4.69) is 20.9 Å². The lowest BCUT2D eigenvalue weighted by Crippen LogP contribution is -2.40.